The summed E-state index contributed by atoms with van der Waals surface area (Å²) in [7, 11) is -3.06. The summed E-state index contributed by atoms with van der Waals surface area (Å²) in [4.78, 5) is 2.03. The monoisotopic (exact) mass is 386 g/mol. The largest absolute Gasteiger partial charge is 0.378 e. The molecular weight excluding hydrogens is 367 g/mol. The highest BCUT2D eigenvalue weighted by Crippen LogP contribution is 2.27. The number of ether oxygens (including phenoxy) is 1. The van der Waals surface area contributed by atoms with E-state index in [0.717, 1.165) is 0 Å². The molecule has 0 bridgehead atoms. The second kappa shape index (κ2) is 7.71. The molecule has 136 valence electrons. The first-order chi connectivity index (χ1) is 11.9. The van der Waals surface area contributed by atoms with Gasteiger partial charge in [0.05, 0.1) is 24.7 Å². The van der Waals surface area contributed by atoms with Crippen molar-refractivity contribution in [1.82, 2.24) is 14.8 Å². The normalized spacial score (nSPS) is 15.5. The van der Waals surface area contributed by atoms with Gasteiger partial charge < -0.3 is 9.64 Å². The molecule has 1 aliphatic rings. The van der Waals surface area contributed by atoms with Gasteiger partial charge in [-0.25, -0.2) is 12.8 Å². The van der Waals surface area contributed by atoms with Gasteiger partial charge in [-0.05, 0) is 18.2 Å². The number of nitrogens with zero attached hydrogens (tertiary/aromatic N) is 4. The Balaban J connectivity index is 1.93. The van der Waals surface area contributed by atoms with Crippen molar-refractivity contribution in [3.05, 3.63) is 30.1 Å². The van der Waals surface area contributed by atoms with Gasteiger partial charge in [-0.1, -0.05) is 17.8 Å². The summed E-state index contributed by atoms with van der Waals surface area (Å²) >= 11 is 1.29. The van der Waals surface area contributed by atoms with E-state index in [4.69, 9.17) is 4.74 Å². The third-order valence-electron chi connectivity index (χ3n) is 3.66. The number of morpholine rings is 1. The van der Waals surface area contributed by atoms with E-state index < -0.39 is 9.84 Å². The van der Waals surface area contributed by atoms with Crippen LogP contribution in [0.15, 0.2) is 29.4 Å². The number of rotatable bonds is 6. The van der Waals surface area contributed by atoms with Crippen LogP contribution in [0.3, 0.4) is 0 Å². The minimum absolute atomic E-state index is 0.0422. The van der Waals surface area contributed by atoms with Gasteiger partial charge in [-0.2, -0.15) is 0 Å². The molecule has 0 atom stereocenters. The van der Waals surface area contributed by atoms with E-state index in [1.54, 1.807) is 16.7 Å². The van der Waals surface area contributed by atoms with E-state index in [9.17, 15) is 12.8 Å². The van der Waals surface area contributed by atoms with E-state index in [1.165, 1.54) is 30.2 Å². The molecule has 25 heavy (non-hydrogen) atoms. The number of anilines is 1. The van der Waals surface area contributed by atoms with Crippen LogP contribution in [-0.2, 0) is 14.6 Å². The lowest BCUT2D eigenvalue weighted by Crippen LogP contribution is -2.37. The second-order valence-electron chi connectivity index (χ2n) is 5.68. The first kappa shape index (κ1) is 18.2. The Morgan fingerprint density at radius 3 is 2.72 bits per heavy atom. The van der Waals surface area contributed by atoms with Crippen molar-refractivity contribution in [2.75, 3.05) is 49.0 Å². The smallest absolute Gasteiger partial charge is 0.232 e. The SMILES string of the molecule is CS(=O)(=O)CCSc1nnc(N2CCOCC2)n1-c1cccc(F)c1. The summed E-state index contributed by atoms with van der Waals surface area (Å²) in [5, 5.41) is 8.98. The van der Waals surface area contributed by atoms with Gasteiger partial charge in [0, 0.05) is 25.1 Å². The standard InChI is InChI=1S/C15H19FN4O3S2/c1-25(21,22)10-9-24-15-18-17-14(19-5-7-23-8-6-19)20(15)13-4-2-3-12(16)11-13/h2-4,11H,5-10H2,1H3. The van der Waals surface area contributed by atoms with Crippen LogP contribution in [0.2, 0.25) is 0 Å². The molecule has 10 heteroatoms. The van der Waals surface area contributed by atoms with Crippen LogP contribution in [0.25, 0.3) is 5.69 Å². The van der Waals surface area contributed by atoms with Crippen molar-refractivity contribution in [2.45, 2.75) is 5.16 Å². The fourth-order valence-electron chi connectivity index (χ4n) is 2.45. The average Bonchev–Trinajstić information content (AvgIpc) is 2.98. The van der Waals surface area contributed by atoms with Gasteiger partial charge in [-0.15, -0.1) is 10.2 Å². The lowest BCUT2D eigenvalue weighted by molar-refractivity contribution is 0.122. The molecule has 7 nitrogen and oxygen atoms in total. The molecule has 0 radical (unpaired) electrons. The van der Waals surface area contributed by atoms with Gasteiger partial charge in [-0.3, -0.25) is 4.57 Å². The summed E-state index contributed by atoms with van der Waals surface area (Å²) < 4.78 is 43.5. The summed E-state index contributed by atoms with van der Waals surface area (Å²) in [6.07, 6.45) is 1.20. The van der Waals surface area contributed by atoms with Gasteiger partial charge >= 0.3 is 0 Å². The highest BCUT2D eigenvalue weighted by Gasteiger charge is 2.22. The van der Waals surface area contributed by atoms with Crippen LogP contribution in [0, 0.1) is 5.82 Å². The van der Waals surface area contributed by atoms with Gasteiger partial charge in [0.2, 0.25) is 5.95 Å². The number of hydrogen-bond acceptors (Lipinski definition) is 7. The van der Waals surface area contributed by atoms with Gasteiger partial charge in [0.25, 0.3) is 0 Å². The fraction of sp³-hybridized carbons (Fsp3) is 0.467. The first-order valence-corrected chi connectivity index (χ1v) is 10.8. The molecule has 0 spiro atoms. The van der Waals surface area contributed by atoms with E-state index in [1.807, 2.05) is 4.90 Å². The van der Waals surface area contributed by atoms with E-state index >= 15 is 0 Å². The molecule has 1 aromatic heterocycles. The van der Waals surface area contributed by atoms with E-state index in [-0.39, 0.29) is 11.6 Å². The second-order valence-corrected chi connectivity index (χ2v) is 9.00. The zero-order chi connectivity index (χ0) is 17.9. The average molecular weight is 386 g/mol. The van der Waals surface area contributed by atoms with Gasteiger partial charge in [0.15, 0.2) is 5.16 Å². The molecule has 2 heterocycles. The summed E-state index contributed by atoms with van der Waals surface area (Å²) in [6, 6.07) is 6.18. The Labute approximate surface area is 150 Å². The Kier molecular flexibility index (Phi) is 5.60. The van der Waals surface area contributed by atoms with Crippen molar-refractivity contribution in [3.8, 4) is 5.69 Å². The zero-order valence-corrected chi connectivity index (χ0v) is 15.4. The molecule has 1 fully saturated rings. The maximum Gasteiger partial charge on any atom is 0.232 e. The lowest BCUT2D eigenvalue weighted by atomic mass is 10.3. The Bertz CT molecular complexity index is 835. The number of sulfone groups is 1. The highest BCUT2D eigenvalue weighted by molar-refractivity contribution is 8.00. The molecule has 1 saturated heterocycles. The Morgan fingerprint density at radius 2 is 2.04 bits per heavy atom. The van der Waals surface area contributed by atoms with Gasteiger partial charge in [0.1, 0.15) is 15.7 Å². The molecule has 2 aromatic rings. The molecule has 0 unspecified atom stereocenters. The van der Waals surface area contributed by atoms with Crippen LogP contribution in [0.1, 0.15) is 0 Å². The lowest BCUT2D eigenvalue weighted by Gasteiger charge is -2.27. The maximum absolute atomic E-state index is 13.7. The van der Waals surface area contributed by atoms with Crippen molar-refractivity contribution in [3.63, 3.8) is 0 Å². The fourth-order valence-corrected chi connectivity index (χ4v) is 4.59. The summed E-state index contributed by atoms with van der Waals surface area (Å²) in [5.74, 6) is 0.651. The number of halogens is 1. The third-order valence-corrected chi connectivity index (χ3v) is 5.80. The number of benzene rings is 1. The minimum atomic E-state index is -3.06. The minimum Gasteiger partial charge on any atom is -0.378 e. The Hall–Kier alpha value is -1.65. The molecular formula is C15H19FN4O3S2. The predicted molar refractivity (Wildman–Crippen MR) is 94.8 cm³/mol. The highest BCUT2D eigenvalue weighted by atomic mass is 32.2. The van der Waals surface area contributed by atoms with Crippen molar-refractivity contribution >= 4 is 27.5 Å². The topological polar surface area (TPSA) is 77.3 Å². The molecule has 1 aliphatic heterocycles. The number of aromatic nitrogens is 3. The van der Waals surface area contributed by atoms with E-state index in [2.05, 4.69) is 10.2 Å². The predicted octanol–water partition coefficient (Wildman–Crippen LogP) is 1.38. The molecule has 3 rings (SSSR count). The molecule has 1 aromatic carbocycles. The van der Waals surface area contributed by atoms with Crippen LogP contribution in [0.4, 0.5) is 10.3 Å². The molecule has 0 N–H and O–H groups in total. The molecule has 0 saturated carbocycles. The van der Waals surface area contributed by atoms with Crippen LogP contribution < -0.4 is 4.90 Å². The molecule has 0 aliphatic carbocycles. The van der Waals surface area contributed by atoms with Crippen molar-refractivity contribution in [1.29, 1.82) is 0 Å². The number of thioether (sulfide) groups is 1. The van der Waals surface area contributed by atoms with Crippen molar-refractivity contribution < 1.29 is 17.5 Å². The van der Waals surface area contributed by atoms with E-state index in [0.29, 0.717) is 48.8 Å². The van der Waals surface area contributed by atoms with Crippen molar-refractivity contribution in [2.24, 2.45) is 0 Å². The number of hydrogen-bond donors (Lipinski definition) is 0. The Morgan fingerprint density at radius 1 is 1.28 bits per heavy atom. The van der Waals surface area contributed by atoms with Crippen LogP contribution >= 0.6 is 11.8 Å². The summed E-state index contributed by atoms with van der Waals surface area (Å²) in [6.45, 7) is 2.52. The molecule has 0 amide bonds. The third kappa shape index (κ3) is 4.71. The quantitative estimate of drug-likeness (QED) is 0.694. The zero-order valence-electron chi connectivity index (χ0n) is 13.8. The van der Waals surface area contributed by atoms with Crippen LogP contribution in [0.5, 0.6) is 0 Å². The maximum atomic E-state index is 13.7. The van der Waals surface area contributed by atoms with Crippen LogP contribution in [-0.4, -0.2) is 67.2 Å². The first-order valence-electron chi connectivity index (χ1n) is 7.78. The summed E-state index contributed by atoms with van der Waals surface area (Å²) in [5.41, 5.74) is 0.605.